The third-order valence-corrected chi connectivity index (χ3v) is 3.32. The number of hydrogen-bond donors (Lipinski definition) is 1. The van der Waals surface area contributed by atoms with E-state index in [2.05, 4.69) is 26.8 Å². The largest absolute Gasteiger partial charge is 0.497 e. The maximum atomic E-state index is 5.75. The fourth-order valence-corrected chi connectivity index (χ4v) is 2.33. The van der Waals surface area contributed by atoms with Crippen LogP contribution in [0.1, 0.15) is 38.7 Å². The molecule has 0 spiro atoms. The average Bonchev–Trinajstić information content (AvgIpc) is 2.34. The molecule has 1 unspecified atom stereocenters. The minimum absolute atomic E-state index is 0.154. The zero-order valence-corrected chi connectivity index (χ0v) is 12.1. The van der Waals surface area contributed by atoms with Crippen LogP contribution in [0.5, 0.6) is 11.5 Å². The molecular formula is C15H25NO2. The Morgan fingerprint density at radius 1 is 1.17 bits per heavy atom. The van der Waals surface area contributed by atoms with Gasteiger partial charge in [-0.05, 0) is 35.9 Å². The molecule has 0 saturated carbocycles. The van der Waals surface area contributed by atoms with Gasteiger partial charge in [-0.2, -0.15) is 0 Å². The Morgan fingerprint density at radius 3 is 2.28 bits per heavy atom. The third kappa shape index (κ3) is 3.39. The van der Waals surface area contributed by atoms with Crippen molar-refractivity contribution in [1.29, 1.82) is 0 Å². The number of benzene rings is 1. The highest BCUT2D eigenvalue weighted by atomic mass is 16.5. The van der Waals surface area contributed by atoms with Crippen LogP contribution in [0.3, 0.4) is 0 Å². The van der Waals surface area contributed by atoms with Gasteiger partial charge in [-0.25, -0.2) is 0 Å². The van der Waals surface area contributed by atoms with Crippen molar-refractivity contribution in [2.45, 2.75) is 33.1 Å². The van der Waals surface area contributed by atoms with Crippen molar-refractivity contribution in [3.8, 4) is 11.5 Å². The molecule has 1 aromatic carbocycles. The Labute approximate surface area is 110 Å². The summed E-state index contributed by atoms with van der Waals surface area (Å²) in [5, 5.41) is 0. The number of methoxy groups -OCH3 is 2. The SMILES string of the molecule is COc1ccc(C(CCN)C(C)(C)C)c(OC)c1. The van der Waals surface area contributed by atoms with E-state index in [1.54, 1.807) is 14.2 Å². The molecule has 0 aliphatic heterocycles. The Bertz CT molecular complexity index is 383. The molecule has 18 heavy (non-hydrogen) atoms. The summed E-state index contributed by atoms with van der Waals surface area (Å²) in [4.78, 5) is 0. The summed E-state index contributed by atoms with van der Waals surface area (Å²) in [6.07, 6.45) is 0.951. The lowest BCUT2D eigenvalue weighted by atomic mass is 9.74. The molecule has 0 aliphatic rings. The average molecular weight is 251 g/mol. The molecule has 0 bridgehead atoms. The Kier molecular flexibility index (Phi) is 5.03. The lowest BCUT2D eigenvalue weighted by Crippen LogP contribution is -2.22. The molecule has 0 heterocycles. The van der Waals surface area contributed by atoms with Gasteiger partial charge in [0.25, 0.3) is 0 Å². The van der Waals surface area contributed by atoms with Crippen LogP contribution in [0.15, 0.2) is 18.2 Å². The monoisotopic (exact) mass is 251 g/mol. The van der Waals surface area contributed by atoms with E-state index in [1.165, 1.54) is 5.56 Å². The first-order valence-corrected chi connectivity index (χ1v) is 6.36. The predicted molar refractivity (Wildman–Crippen MR) is 75.4 cm³/mol. The van der Waals surface area contributed by atoms with E-state index >= 15 is 0 Å². The molecule has 0 aliphatic carbocycles. The smallest absolute Gasteiger partial charge is 0.126 e. The molecule has 0 fully saturated rings. The van der Waals surface area contributed by atoms with Gasteiger partial charge >= 0.3 is 0 Å². The number of rotatable bonds is 5. The minimum Gasteiger partial charge on any atom is -0.497 e. The Morgan fingerprint density at radius 2 is 1.83 bits per heavy atom. The summed E-state index contributed by atoms with van der Waals surface area (Å²) in [5.41, 5.74) is 7.10. The van der Waals surface area contributed by atoms with Crippen LogP contribution < -0.4 is 15.2 Å². The molecular weight excluding hydrogens is 226 g/mol. The van der Waals surface area contributed by atoms with Crippen LogP contribution >= 0.6 is 0 Å². The van der Waals surface area contributed by atoms with Crippen molar-refractivity contribution in [2.24, 2.45) is 11.1 Å². The third-order valence-electron chi connectivity index (χ3n) is 3.32. The summed E-state index contributed by atoms with van der Waals surface area (Å²) in [7, 11) is 3.36. The standard InChI is InChI=1S/C15H25NO2/c1-15(2,3)13(8-9-16)12-7-6-11(17-4)10-14(12)18-5/h6-7,10,13H,8-9,16H2,1-5H3. The second kappa shape index (κ2) is 6.10. The summed E-state index contributed by atoms with van der Waals surface area (Å²) in [5.74, 6) is 2.07. The van der Waals surface area contributed by atoms with Crippen molar-refractivity contribution in [3.63, 3.8) is 0 Å². The van der Waals surface area contributed by atoms with Gasteiger partial charge in [0.1, 0.15) is 11.5 Å². The quantitative estimate of drug-likeness (QED) is 0.874. The highest BCUT2D eigenvalue weighted by Crippen LogP contribution is 2.42. The van der Waals surface area contributed by atoms with E-state index in [-0.39, 0.29) is 5.41 Å². The van der Waals surface area contributed by atoms with Crippen molar-refractivity contribution >= 4 is 0 Å². The van der Waals surface area contributed by atoms with Crippen LogP contribution in [-0.2, 0) is 0 Å². The van der Waals surface area contributed by atoms with Crippen molar-refractivity contribution in [1.82, 2.24) is 0 Å². The maximum Gasteiger partial charge on any atom is 0.126 e. The summed E-state index contributed by atoms with van der Waals surface area (Å²) >= 11 is 0. The van der Waals surface area contributed by atoms with Gasteiger partial charge in [0, 0.05) is 6.07 Å². The number of ether oxygens (including phenoxy) is 2. The van der Waals surface area contributed by atoms with E-state index in [0.717, 1.165) is 17.9 Å². The lowest BCUT2D eigenvalue weighted by Gasteiger charge is -2.32. The van der Waals surface area contributed by atoms with E-state index in [0.29, 0.717) is 12.5 Å². The molecule has 0 radical (unpaired) electrons. The molecule has 0 saturated heterocycles. The van der Waals surface area contributed by atoms with E-state index in [4.69, 9.17) is 15.2 Å². The van der Waals surface area contributed by atoms with Gasteiger partial charge in [-0.15, -0.1) is 0 Å². The summed E-state index contributed by atoms with van der Waals surface area (Å²) in [6, 6.07) is 6.00. The predicted octanol–water partition coefficient (Wildman–Crippen LogP) is 3.18. The number of nitrogens with two attached hydrogens (primary N) is 1. The molecule has 1 atom stereocenters. The van der Waals surface area contributed by atoms with Crippen molar-refractivity contribution in [2.75, 3.05) is 20.8 Å². The van der Waals surface area contributed by atoms with E-state index in [9.17, 15) is 0 Å². The van der Waals surface area contributed by atoms with Crippen molar-refractivity contribution in [3.05, 3.63) is 23.8 Å². The van der Waals surface area contributed by atoms with Gasteiger partial charge in [-0.1, -0.05) is 26.8 Å². The highest BCUT2D eigenvalue weighted by Gasteiger charge is 2.28. The summed E-state index contributed by atoms with van der Waals surface area (Å²) in [6.45, 7) is 7.38. The molecule has 2 N–H and O–H groups in total. The first-order chi connectivity index (χ1) is 8.43. The normalized spacial score (nSPS) is 13.2. The lowest BCUT2D eigenvalue weighted by molar-refractivity contribution is 0.296. The van der Waals surface area contributed by atoms with Gasteiger partial charge in [0.15, 0.2) is 0 Å². The molecule has 3 heteroatoms. The Balaban J connectivity index is 3.19. The second-order valence-corrected chi connectivity index (χ2v) is 5.60. The molecule has 0 amide bonds. The maximum absolute atomic E-state index is 5.75. The summed E-state index contributed by atoms with van der Waals surface area (Å²) < 4.78 is 10.7. The zero-order chi connectivity index (χ0) is 13.8. The topological polar surface area (TPSA) is 44.5 Å². The van der Waals surface area contributed by atoms with Crippen LogP contribution in [0, 0.1) is 5.41 Å². The first kappa shape index (κ1) is 14.8. The molecule has 0 aromatic heterocycles. The number of hydrogen-bond acceptors (Lipinski definition) is 3. The van der Waals surface area contributed by atoms with Gasteiger partial charge < -0.3 is 15.2 Å². The van der Waals surface area contributed by atoms with Gasteiger partial charge in [0.05, 0.1) is 14.2 Å². The fourth-order valence-electron chi connectivity index (χ4n) is 2.33. The van der Waals surface area contributed by atoms with Crippen molar-refractivity contribution < 1.29 is 9.47 Å². The first-order valence-electron chi connectivity index (χ1n) is 6.36. The van der Waals surface area contributed by atoms with Crippen LogP contribution in [0.2, 0.25) is 0 Å². The van der Waals surface area contributed by atoms with E-state index in [1.807, 2.05) is 12.1 Å². The Hall–Kier alpha value is -1.22. The van der Waals surface area contributed by atoms with E-state index < -0.39 is 0 Å². The molecule has 1 aromatic rings. The molecule has 3 nitrogen and oxygen atoms in total. The van der Waals surface area contributed by atoms with Crippen LogP contribution in [0.4, 0.5) is 0 Å². The second-order valence-electron chi connectivity index (χ2n) is 5.60. The highest BCUT2D eigenvalue weighted by molar-refractivity contribution is 5.43. The van der Waals surface area contributed by atoms with Crippen LogP contribution in [0.25, 0.3) is 0 Å². The van der Waals surface area contributed by atoms with Gasteiger partial charge in [0.2, 0.25) is 0 Å². The van der Waals surface area contributed by atoms with Gasteiger partial charge in [-0.3, -0.25) is 0 Å². The molecule has 102 valence electrons. The van der Waals surface area contributed by atoms with Crippen LogP contribution in [-0.4, -0.2) is 20.8 Å². The fraction of sp³-hybridized carbons (Fsp3) is 0.600. The zero-order valence-electron chi connectivity index (χ0n) is 12.1. The minimum atomic E-state index is 0.154. The molecule has 1 rings (SSSR count).